The molecule has 0 heterocycles. The zero-order valence-electron chi connectivity index (χ0n) is 21.5. The van der Waals surface area contributed by atoms with Crippen LogP contribution >= 0.6 is 0 Å². The van der Waals surface area contributed by atoms with Crippen molar-refractivity contribution in [1.29, 1.82) is 0 Å². The summed E-state index contributed by atoms with van der Waals surface area (Å²) in [6, 6.07) is 7.23. The Hall–Kier alpha value is -2.87. The maximum atomic E-state index is 13.5. The lowest BCUT2D eigenvalue weighted by molar-refractivity contribution is -0.132. The fraction of sp³-hybridized carbons (Fsp3) is 0.577. The molecule has 0 saturated carbocycles. The van der Waals surface area contributed by atoms with E-state index in [1.165, 1.54) is 11.0 Å². The quantitative estimate of drug-likeness (QED) is 0.420. The van der Waals surface area contributed by atoms with Gasteiger partial charge in [0, 0.05) is 5.69 Å². The minimum absolute atomic E-state index is 0.133. The van der Waals surface area contributed by atoms with E-state index in [-0.39, 0.29) is 24.3 Å². The van der Waals surface area contributed by atoms with Crippen LogP contribution in [0.15, 0.2) is 43.0 Å². The van der Waals surface area contributed by atoms with Gasteiger partial charge in [-0.15, -0.1) is 6.58 Å². The Kier molecular flexibility index (Phi) is 11.3. The van der Waals surface area contributed by atoms with Crippen molar-refractivity contribution in [3.63, 3.8) is 0 Å². The molecule has 0 aliphatic rings. The smallest absolute Gasteiger partial charge is 0.411 e. The van der Waals surface area contributed by atoms with Gasteiger partial charge in [0.05, 0.1) is 12.6 Å². The number of hydrogen-bond acceptors (Lipinski definition) is 5. The van der Waals surface area contributed by atoms with Gasteiger partial charge >= 0.3 is 6.09 Å². The van der Waals surface area contributed by atoms with Crippen molar-refractivity contribution in [2.75, 3.05) is 11.9 Å². The SMILES string of the molecule is C=C[C@@H](O)CN(C(=O)OC(C)(C)C)[C@@H](C(=O)N[C@H](CC(C)C)C(=O)Nc1ccccc1)C(C)C. The zero-order valence-corrected chi connectivity index (χ0v) is 21.5. The van der Waals surface area contributed by atoms with Gasteiger partial charge in [0.1, 0.15) is 17.7 Å². The molecule has 3 atom stereocenters. The number of anilines is 1. The van der Waals surface area contributed by atoms with Gasteiger partial charge in [0.2, 0.25) is 11.8 Å². The van der Waals surface area contributed by atoms with E-state index < -0.39 is 35.8 Å². The monoisotopic (exact) mass is 475 g/mol. The minimum atomic E-state index is -1.05. The van der Waals surface area contributed by atoms with Crippen LogP contribution in [0.2, 0.25) is 0 Å². The highest BCUT2D eigenvalue weighted by atomic mass is 16.6. The van der Waals surface area contributed by atoms with Crippen molar-refractivity contribution in [2.24, 2.45) is 11.8 Å². The molecule has 0 spiro atoms. The van der Waals surface area contributed by atoms with Gasteiger partial charge in [-0.3, -0.25) is 14.5 Å². The lowest BCUT2D eigenvalue weighted by atomic mass is 9.98. The number of aliphatic hydroxyl groups excluding tert-OH is 1. The van der Waals surface area contributed by atoms with E-state index in [4.69, 9.17) is 4.74 Å². The minimum Gasteiger partial charge on any atom is -0.444 e. The highest BCUT2D eigenvalue weighted by Gasteiger charge is 2.37. The number of ether oxygens (including phenoxy) is 1. The molecule has 0 aliphatic carbocycles. The average Bonchev–Trinajstić information content (AvgIpc) is 2.71. The fourth-order valence-electron chi connectivity index (χ4n) is 3.41. The standard InChI is InChI=1S/C26H41N3O5/c1-9-20(30)16-29(25(33)34-26(6,7)8)22(18(4)5)24(32)28-21(15-17(2)3)23(31)27-19-13-11-10-12-14-19/h9-14,17-18,20-22,30H,1,15-16H2,2-8H3,(H,27,31)(H,28,32)/t20-,21-,22-/m1/s1. The predicted octanol–water partition coefficient (Wildman–Crippen LogP) is 3.96. The first-order chi connectivity index (χ1) is 15.7. The molecule has 0 bridgehead atoms. The normalized spacial score (nSPS) is 14.2. The summed E-state index contributed by atoms with van der Waals surface area (Å²) >= 11 is 0. The Labute approximate surface area is 203 Å². The van der Waals surface area contributed by atoms with Crippen LogP contribution in [0.4, 0.5) is 10.5 Å². The second kappa shape index (κ2) is 13.1. The van der Waals surface area contributed by atoms with Crippen LogP contribution in [0.5, 0.6) is 0 Å². The predicted molar refractivity (Wildman–Crippen MR) is 134 cm³/mol. The molecule has 8 nitrogen and oxygen atoms in total. The second-order valence-electron chi connectivity index (χ2n) is 10.2. The lowest BCUT2D eigenvalue weighted by Gasteiger charge is -2.36. The van der Waals surface area contributed by atoms with Crippen molar-refractivity contribution in [3.05, 3.63) is 43.0 Å². The first-order valence-electron chi connectivity index (χ1n) is 11.7. The van der Waals surface area contributed by atoms with E-state index in [2.05, 4.69) is 17.2 Å². The van der Waals surface area contributed by atoms with Crippen LogP contribution in [0, 0.1) is 11.8 Å². The van der Waals surface area contributed by atoms with Crippen molar-refractivity contribution in [2.45, 2.75) is 78.7 Å². The molecule has 1 rings (SSSR count). The molecule has 0 radical (unpaired) electrons. The number of carbonyl (C=O) groups is 3. The van der Waals surface area contributed by atoms with E-state index in [0.717, 1.165) is 0 Å². The molecule has 0 fully saturated rings. The first kappa shape index (κ1) is 29.2. The number of amides is 3. The van der Waals surface area contributed by atoms with E-state index in [1.807, 2.05) is 32.0 Å². The van der Waals surface area contributed by atoms with Crippen LogP contribution in [0.1, 0.15) is 54.9 Å². The zero-order chi connectivity index (χ0) is 26.1. The summed E-state index contributed by atoms with van der Waals surface area (Å²) in [6.45, 7) is 16.1. The third kappa shape index (κ3) is 9.95. The number of carbonyl (C=O) groups excluding carboxylic acids is 3. The lowest BCUT2D eigenvalue weighted by Crippen LogP contribution is -2.58. The van der Waals surface area contributed by atoms with Gasteiger partial charge in [-0.1, -0.05) is 52.0 Å². The summed E-state index contributed by atoms with van der Waals surface area (Å²) in [5, 5.41) is 15.8. The van der Waals surface area contributed by atoms with Crippen molar-refractivity contribution in [1.82, 2.24) is 10.2 Å². The number of nitrogens with zero attached hydrogens (tertiary/aromatic N) is 1. The van der Waals surface area contributed by atoms with Gasteiger partial charge in [-0.2, -0.15) is 0 Å². The molecule has 0 unspecified atom stereocenters. The molecular formula is C26H41N3O5. The molecule has 34 heavy (non-hydrogen) atoms. The molecule has 3 amide bonds. The van der Waals surface area contributed by atoms with Gasteiger partial charge < -0.3 is 20.5 Å². The topological polar surface area (TPSA) is 108 Å². The van der Waals surface area contributed by atoms with Crippen LogP contribution in [0.3, 0.4) is 0 Å². The molecule has 190 valence electrons. The maximum absolute atomic E-state index is 13.5. The highest BCUT2D eigenvalue weighted by molar-refractivity contribution is 5.98. The molecule has 3 N–H and O–H groups in total. The van der Waals surface area contributed by atoms with Gasteiger partial charge in [-0.05, 0) is 51.2 Å². The molecule has 8 heteroatoms. The second-order valence-corrected chi connectivity index (χ2v) is 10.2. The average molecular weight is 476 g/mol. The number of nitrogens with one attached hydrogen (secondary N) is 2. The summed E-state index contributed by atoms with van der Waals surface area (Å²) in [5.41, 5.74) is -0.164. The Morgan fingerprint density at radius 1 is 1.09 bits per heavy atom. The van der Waals surface area contributed by atoms with Crippen LogP contribution in [-0.4, -0.2) is 58.2 Å². The molecule has 1 aromatic rings. The van der Waals surface area contributed by atoms with Crippen LogP contribution in [0.25, 0.3) is 0 Å². The Morgan fingerprint density at radius 3 is 2.15 bits per heavy atom. The first-order valence-corrected chi connectivity index (χ1v) is 11.7. The van der Waals surface area contributed by atoms with Crippen molar-refractivity contribution >= 4 is 23.6 Å². The summed E-state index contributed by atoms with van der Waals surface area (Å²) in [4.78, 5) is 40.7. The van der Waals surface area contributed by atoms with Gasteiger partial charge in [0.25, 0.3) is 0 Å². The number of aliphatic hydroxyl groups is 1. The van der Waals surface area contributed by atoms with Gasteiger partial charge in [-0.25, -0.2) is 4.79 Å². The van der Waals surface area contributed by atoms with Crippen molar-refractivity contribution in [3.8, 4) is 0 Å². The molecule has 0 aliphatic heterocycles. The number of benzene rings is 1. The van der Waals surface area contributed by atoms with E-state index in [0.29, 0.717) is 12.1 Å². The summed E-state index contributed by atoms with van der Waals surface area (Å²) in [7, 11) is 0. The van der Waals surface area contributed by atoms with E-state index in [1.54, 1.807) is 46.8 Å². The summed E-state index contributed by atoms with van der Waals surface area (Å²) in [5.74, 6) is -1.02. The third-order valence-corrected chi connectivity index (χ3v) is 4.90. The number of para-hydroxylation sites is 1. The highest BCUT2D eigenvalue weighted by Crippen LogP contribution is 2.19. The Balaban J connectivity index is 3.20. The Morgan fingerprint density at radius 2 is 1.68 bits per heavy atom. The maximum Gasteiger partial charge on any atom is 0.411 e. The molecular weight excluding hydrogens is 434 g/mol. The molecule has 1 aromatic carbocycles. The molecule has 0 aromatic heterocycles. The fourth-order valence-corrected chi connectivity index (χ4v) is 3.41. The Bertz CT molecular complexity index is 817. The van der Waals surface area contributed by atoms with E-state index in [9.17, 15) is 19.5 Å². The van der Waals surface area contributed by atoms with Crippen molar-refractivity contribution < 1.29 is 24.2 Å². The van der Waals surface area contributed by atoms with Gasteiger partial charge in [0.15, 0.2) is 0 Å². The van der Waals surface area contributed by atoms with E-state index >= 15 is 0 Å². The molecule has 0 saturated heterocycles. The van der Waals surface area contributed by atoms with Crippen LogP contribution in [-0.2, 0) is 14.3 Å². The third-order valence-electron chi connectivity index (χ3n) is 4.90. The summed E-state index contributed by atoms with van der Waals surface area (Å²) in [6.07, 6.45) is -0.0656. The summed E-state index contributed by atoms with van der Waals surface area (Å²) < 4.78 is 5.50. The largest absolute Gasteiger partial charge is 0.444 e. The number of rotatable bonds is 11. The number of hydrogen-bond donors (Lipinski definition) is 3. The van der Waals surface area contributed by atoms with Crippen LogP contribution < -0.4 is 10.6 Å².